The maximum Gasteiger partial charge on any atom is 0.454 e. The van der Waals surface area contributed by atoms with E-state index in [9.17, 15) is 44.6 Å². The van der Waals surface area contributed by atoms with Gasteiger partial charge in [-0.2, -0.15) is 35.1 Å². The minimum Gasteiger partial charge on any atom is -0.505 e. The number of aromatic hydroxyl groups is 1. The lowest BCUT2D eigenvalue weighted by Crippen LogP contribution is -2.47. The van der Waals surface area contributed by atoms with Crippen LogP contribution in [0.15, 0.2) is 10.5 Å². The molecule has 0 heterocycles. The molecule has 0 amide bonds. The molecule has 2 fully saturated rings. The predicted molar refractivity (Wildman–Crippen MR) is 74.6 cm³/mol. The van der Waals surface area contributed by atoms with Gasteiger partial charge in [-0.3, -0.25) is 0 Å². The SMILES string of the molecule is Oc1c(C2(C(F)(F)C(F)(F)F)CC2)cc(C2(C(F)(F)F)CC2)c(Br)c1F. The molecule has 0 aromatic heterocycles. The highest BCUT2D eigenvalue weighted by Crippen LogP contribution is 2.67. The molecule has 3 rings (SSSR count). The van der Waals surface area contributed by atoms with Crippen LogP contribution in [-0.4, -0.2) is 23.4 Å². The van der Waals surface area contributed by atoms with Crippen LogP contribution in [0.4, 0.5) is 39.5 Å². The van der Waals surface area contributed by atoms with Crippen LogP contribution in [0.2, 0.25) is 0 Å². The number of phenolic OH excluding ortho intramolecular Hbond substituents is 1. The van der Waals surface area contributed by atoms with Gasteiger partial charge in [-0.1, -0.05) is 0 Å². The molecule has 1 N–H and O–H groups in total. The molecule has 146 valence electrons. The van der Waals surface area contributed by atoms with E-state index >= 15 is 0 Å². The molecule has 2 aliphatic carbocycles. The molecule has 2 saturated carbocycles. The third kappa shape index (κ3) is 2.37. The van der Waals surface area contributed by atoms with Crippen molar-refractivity contribution in [3.8, 4) is 5.75 Å². The van der Waals surface area contributed by atoms with Crippen molar-refractivity contribution in [3.05, 3.63) is 27.5 Å². The molecule has 1 aromatic rings. The zero-order valence-electron chi connectivity index (χ0n) is 12.6. The van der Waals surface area contributed by atoms with E-state index < -0.39 is 82.0 Å². The Morgan fingerprint density at radius 1 is 0.846 bits per heavy atom. The number of phenols is 1. The lowest BCUT2D eigenvalue weighted by Gasteiger charge is -2.31. The first-order valence-electron chi connectivity index (χ1n) is 7.35. The summed E-state index contributed by atoms with van der Waals surface area (Å²) in [5.41, 5.74) is -7.43. The van der Waals surface area contributed by atoms with Gasteiger partial charge in [-0.05, 0) is 53.2 Å². The molecule has 0 atom stereocenters. The molecule has 0 radical (unpaired) electrons. The Kier molecular flexibility index (Phi) is 3.95. The number of halogens is 10. The summed E-state index contributed by atoms with van der Waals surface area (Å²) in [5, 5.41) is 9.81. The van der Waals surface area contributed by atoms with Gasteiger partial charge in [-0.25, -0.2) is 4.39 Å². The van der Waals surface area contributed by atoms with Gasteiger partial charge in [0.05, 0.1) is 15.3 Å². The molecule has 1 aromatic carbocycles. The monoisotopic (exact) mass is 456 g/mol. The van der Waals surface area contributed by atoms with E-state index in [0.717, 1.165) is 0 Å². The fraction of sp³-hybridized carbons (Fsp3) is 0.600. The fourth-order valence-corrected chi connectivity index (χ4v) is 3.99. The summed E-state index contributed by atoms with van der Waals surface area (Å²) in [4.78, 5) is 0. The van der Waals surface area contributed by atoms with Crippen molar-refractivity contribution in [2.45, 2.75) is 54.8 Å². The Morgan fingerprint density at radius 2 is 1.31 bits per heavy atom. The molecule has 26 heavy (non-hydrogen) atoms. The highest BCUT2D eigenvalue weighted by Gasteiger charge is 2.76. The van der Waals surface area contributed by atoms with Crippen LogP contribution in [0.5, 0.6) is 5.75 Å². The number of rotatable bonds is 3. The summed E-state index contributed by atoms with van der Waals surface area (Å²) in [6.07, 6.45) is -13.2. The fourth-order valence-electron chi connectivity index (χ4n) is 3.31. The second-order valence-electron chi connectivity index (χ2n) is 6.68. The van der Waals surface area contributed by atoms with E-state index in [1.807, 2.05) is 0 Å². The molecule has 11 heteroatoms. The molecule has 1 nitrogen and oxygen atoms in total. The van der Waals surface area contributed by atoms with Crippen molar-refractivity contribution < 1.29 is 44.6 Å². The van der Waals surface area contributed by atoms with E-state index in [0.29, 0.717) is 6.07 Å². The zero-order valence-corrected chi connectivity index (χ0v) is 14.2. The quantitative estimate of drug-likeness (QED) is 0.543. The Labute approximate surface area is 149 Å². The average molecular weight is 457 g/mol. The minimum atomic E-state index is -6.00. The van der Waals surface area contributed by atoms with Crippen molar-refractivity contribution in [2.75, 3.05) is 0 Å². The van der Waals surface area contributed by atoms with E-state index in [4.69, 9.17) is 0 Å². The number of benzene rings is 1. The van der Waals surface area contributed by atoms with Crippen LogP contribution >= 0.6 is 15.9 Å². The summed E-state index contributed by atoms with van der Waals surface area (Å²) in [7, 11) is 0. The maximum absolute atomic E-state index is 14.3. The van der Waals surface area contributed by atoms with E-state index in [-0.39, 0.29) is 0 Å². The van der Waals surface area contributed by atoms with Gasteiger partial charge in [0.15, 0.2) is 11.6 Å². The van der Waals surface area contributed by atoms with Crippen molar-refractivity contribution >= 4 is 15.9 Å². The largest absolute Gasteiger partial charge is 0.505 e. The van der Waals surface area contributed by atoms with Gasteiger partial charge >= 0.3 is 18.3 Å². The first-order valence-corrected chi connectivity index (χ1v) is 8.15. The Hall–Kier alpha value is -1.13. The van der Waals surface area contributed by atoms with Crippen molar-refractivity contribution in [2.24, 2.45) is 0 Å². The first kappa shape index (κ1) is 19.6. The van der Waals surface area contributed by atoms with Crippen molar-refractivity contribution in [1.82, 2.24) is 0 Å². The Morgan fingerprint density at radius 3 is 1.65 bits per heavy atom. The lowest BCUT2D eigenvalue weighted by atomic mass is 9.83. The van der Waals surface area contributed by atoms with Crippen LogP contribution < -0.4 is 0 Å². The van der Waals surface area contributed by atoms with Gasteiger partial charge in [0.1, 0.15) is 0 Å². The summed E-state index contributed by atoms with van der Waals surface area (Å²) in [6, 6.07) is 0.440. The molecular formula is C15H10BrF9O. The Bertz CT molecular complexity index is 758. The second kappa shape index (κ2) is 5.23. The molecule has 0 saturated heterocycles. The normalized spacial score (nSPS) is 21.6. The standard InChI is InChI=1S/C15H10BrF9O/c16-8-6(12(3-4-12)14(20,21)22)5-7(10(26)9(8)17)11(1-2-11)13(18,19)15(23,24)25/h5,26H,1-4H2. The minimum absolute atomic E-state index is 0.440. The van der Waals surface area contributed by atoms with Crippen LogP contribution in [0.25, 0.3) is 0 Å². The van der Waals surface area contributed by atoms with Crippen LogP contribution in [0, 0.1) is 5.82 Å². The maximum atomic E-state index is 14.3. The summed E-state index contributed by atoms with van der Waals surface area (Å²) >= 11 is 2.57. The van der Waals surface area contributed by atoms with E-state index in [1.165, 1.54) is 0 Å². The van der Waals surface area contributed by atoms with E-state index in [1.54, 1.807) is 0 Å². The van der Waals surface area contributed by atoms with Gasteiger partial charge in [0, 0.05) is 5.56 Å². The molecule has 0 unspecified atom stereocenters. The van der Waals surface area contributed by atoms with Crippen molar-refractivity contribution in [1.29, 1.82) is 0 Å². The predicted octanol–water partition coefficient (Wildman–Crippen LogP) is 6.12. The molecule has 2 aliphatic rings. The number of alkyl halides is 8. The molecular weight excluding hydrogens is 447 g/mol. The summed E-state index contributed by atoms with van der Waals surface area (Å²) < 4.78 is 120. The zero-order chi connectivity index (χ0) is 19.9. The summed E-state index contributed by atoms with van der Waals surface area (Å²) in [6.45, 7) is 0. The van der Waals surface area contributed by atoms with Gasteiger partial charge in [0.2, 0.25) is 0 Å². The van der Waals surface area contributed by atoms with E-state index in [2.05, 4.69) is 15.9 Å². The average Bonchev–Trinajstić information content (AvgIpc) is 3.34. The Balaban J connectivity index is 2.23. The first-order chi connectivity index (χ1) is 11.6. The molecule has 0 bridgehead atoms. The topological polar surface area (TPSA) is 20.2 Å². The molecule has 0 spiro atoms. The van der Waals surface area contributed by atoms with Gasteiger partial charge in [-0.15, -0.1) is 0 Å². The third-order valence-corrected chi connectivity index (χ3v) is 5.99. The smallest absolute Gasteiger partial charge is 0.454 e. The highest BCUT2D eigenvalue weighted by molar-refractivity contribution is 9.10. The number of hydrogen-bond donors (Lipinski definition) is 1. The lowest BCUT2D eigenvalue weighted by molar-refractivity contribution is -0.296. The van der Waals surface area contributed by atoms with Gasteiger partial charge < -0.3 is 5.11 Å². The summed E-state index contributed by atoms with van der Waals surface area (Å²) in [5.74, 6) is -8.51. The second-order valence-corrected chi connectivity index (χ2v) is 7.48. The third-order valence-electron chi connectivity index (χ3n) is 5.21. The van der Waals surface area contributed by atoms with Crippen LogP contribution in [-0.2, 0) is 10.8 Å². The number of hydrogen-bond acceptors (Lipinski definition) is 1. The van der Waals surface area contributed by atoms with Crippen LogP contribution in [0.1, 0.15) is 36.8 Å². The van der Waals surface area contributed by atoms with Gasteiger partial charge in [0.25, 0.3) is 0 Å². The van der Waals surface area contributed by atoms with Crippen LogP contribution in [0.3, 0.4) is 0 Å². The highest BCUT2D eigenvalue weighted by atomic mass is 79.9. The molecule has 0 aliphatic heterocycles. The van der Waals surface area contributed by atoms with Crippen molar-refractivity contribution in [3.63, 3.8) is 0 Å².